The Morgan fingerprint density at radius 2 is 1.67 bits per heavy atom. The largest absolute Gasteiger partial charge is 0.481 e. The maximum Gasteiger partial charge on any atom is 0.407 e. The van der Waals surface area contributed by atoms with E-state index in [-0.39, 0.29) is 30.3 Å². The van der Waals surface area contributed by atoms with Crippen molar-refractivity contribution in [3.8, 4) is 11.1 Å². The summed E-state index contributed by atoms with van der Waals surface area (Å²) >= 11 is 0. The van der Waals surface area contributed by atoms with E-state index in [1.165, 1.54) is 0 Å². The summed E-state index contributed by atoms with van der Waals surface area (Å²) in [6, 6.07) is 15.4. The van der Waals surface area contributed by atoms with Crippen molar-refractivity contribution >= 4 is 18.0 Å². The number of carboxylic acids is 1. The molecule has 156 valence electrons. The van der Waals surface area contributed by atoms with Crippen molar-refractivity contribution in [1.29, 1.82) is 0 Å². The lowest BCUT2D eigenvalue weighted by atomic mass is 9.98. The SMILES string of the molecule is CC(NC(=O)OCC1c2ccccc2-c2ccccc21)C(=O)NCC1CC1C(=O)O. The second kappa shape index (κ2) is 8.18. The van der Waals surface area contributed by atoms with Gasteiger partial charge in [-0.2, -0.15) is 0 Å². The molecule has 2 aliphatic rings. The van der Waals surface area contributed by atoms with Gasteiger partial charge in [-0.05, 0) is 41.5 Å². The molecule has 7 nitrogen and oxygen atoms in total. The Balaban J connectivity index is 1.29. The van der Waals surface area contributed by atoms with Gasteiger partial charge < -0.3 is 20.5 Å². The maximum absolute atomic E-state index is 12.2. The second-order valence-electron chi connectivity index (χ2n) is 7.88. The van der Waals surface area contributed by atoms with Crippen molar-refractivity contribution in [2.45, 2.75) is 25.3 Å². The number of amides is 2. The van der Waals surface area contributed by atoms with Crippen LogP contribution in [-0.4, -0.2) is 42.3 Å². The van der Waals surface area contributed by atoms with Gasteiger partial charge in [0, 0.05) is 12.5 Å². The summed E-state index contributed by atoms with van der Waals surface area (Å²) in [6.07, 6.45) is -0.0848. The molecule has 0 radical (unpaired) electrons. The van der Waals surface area contributed by atoms with Gasteiger partial charge >= 0.3 is 12.1 Å². The Bertz CT molecular complexity index is 944. The van der Waals surface area contributed by atoms with Crippen molar-refractivity contribution < 1.29 is 24.2 Å². The number of nitrogens with one attached hydrogen (secondary N) is 2. The van der Waals surface area contributed by atoms with Gasteiger partial charge in [0.2, 0.25) is 5.91 Å². The monoisotopic (exact) mass is 408 g/mol. The summed E-state index contributed by atoms with van der Waals surface area (Å²) < 4.78 is 5.44. The zero-order valence-corrected chi connectivity index (χ0v) is 16.6. The number of fused-ring (bicyclic) bond motifs is 3. The van der Waals surface area contributed by atoms with Crippen LogP contribution >= 0.6 is 0 Å². The molecule has 7 heteroatoms. The minimum absolute atomic E-state index is 0.0342. The van der Waals surface area contributed by atoms with E-state index in [1.54, 1.807) is 6.92 Å². The first-order chi connectivity index (χ1) is 14.5. The third kappa shape index (κ3) is 4.01. The molecule has 2 amide bonds. The molecule has 2 aromatic rings. The minimum Gasteiger partial charge on any atom is -0.481 e. The number of hydrogen-bond donors (Lipinski definition) is 3. The quantitative estimate of drug-likeness (QED) is 0.653. The standard InChI is InChI=1S/C23H24N2O5/c1-13(21(26)24-11-14-10-19(14)22(27)28)25-23(29)30-12-20-17-8-4-2-6-15(17)16-7-3-5-9-18(16)20/h2-9,13-14,19-20H,10-12H2,1H3,(H,24,26)(H,25,29)(H,27,28). The third-order valence-corrected chi connectivity index (χ3v) is 5.85. The van der Waals surface area contributed by atoms with Crippen LogP contribution in [0.15, 0.2) is 48.5 Å². The Labute approximate surface area is 174 Å². The van der Waals surface area contributed by atoms with Crippen LogP contribution in [0.5, 0.6) is 0 Å². The van der Waals surface area contributed by atoms with Gasteiger partial charge in [0.05, 0.1) is 5.92 Å². The summed E-state index contributed by atoms with van der Waals surface area (Å²) in [4.78, 5) is 35.2. The topological polar surface area (TPSA) is 105 Å². The molecular weight excluding hydrogens is 384 g/mol. The number of aliphatic carboxylic acids is 1. The molecule has 30 heavy (non-hydrogen) atoms. The number of alkyl carbamates (subject to hydrolysis) is 1. The van der Waals surface area contributed by atoms with Crippen molar-refractivity contribution in [1.82, 2.24) is 10.6 Å². The highest BCUT2D eigenvalue weighted by Gasteiger charge is 2.43. The zero-order valence-electron chi connectivity index (χ0n) is 16.6. The normalized spacial score (nSPS) is 19.9. The average Bonchev–Trinajstić information content (AvgIpc) is 3.46. The maximum atomic E-state index is 12.2. The number of carboxylic acid groups (broad SMARTS) is 1. The van der Waals surface area contributed by atoms with Crippen molar-refractivity contribution in [2.24, 2.45) is 11.8 Å². The lowest BCUT2D eigenvalue weighted by Crippen LogP contribution is -2.45. The lowest BCUT2D eigenvalue weighted by molar-refractivity contribution is -0.139. The molecule has 0 aromatic heterocycles. The Kier molecular flexibility index (Phi) is 5.44. The Morgan fingerprint density at radius 1 is 1.07 bits per heavy atom. The van der Waals surface area contributed by atoms with E-state index >= 15 is 0 Å². The molecule has 0 spiro atoms. The van der Waals surface area contributed by atoms with Crippen LogP contribution in [0, 0.1) is 11.8 Å². The van der Waals surface area contributed by atoms with Crippen LogP contribution in [0.3, 0.4) is 0 Å². The molecular formula is C23H24N2O5. The van der Waals surface area contributed by atoms with Gasteiger partial charge in [-0.1, -0.05) is 48.5 Å². The van der Waals surface area contributed by atoms with Crippen LogP contribution in [0.25, 0.3) is 11.1 Å². The predicted molar refractivity (Wildman–Crippen MR) is 110 cm³/mol. The molecule has 3 atom stereocenters. The Hall–Kier alpha value is -3.35. The predicted octanol–water partition coefficient (Wildman–Crippen LogP) is 2.75. The third-order valence-electron chi connectivity index (χ3n) is 5.85. The fourth-order valence-electron chi connectivity index (χ4n) is 4.04. The number of carbonyl (C=O) groups excluding carboxylic acids is 2. The molecule has 4 rings (SSSR count). The number of rotatable bonds is 7. The van der Waals surface area contributed by atoms with Crippen LogP contribution in [0.1, 0.15) is 30.4 Å². The molecule has 2 aliphatic carbocycles. The first kappa shape index (κ1) is 19.9. The summed E-state index contributed by atoms with van der Waals surface area (Å²) in [6.45, 7) is 2.04. The van der Waals surface area contributed by atoms with Crippen LogP contribution < -0.4 is 10.6 Å². The first-order valence-corrected chi connectivity index (χ1v) is 10.1. The second-order valence-corrected chi connectivity index (χ2v) is 7.88. The number of benzene rings is 2. The molecule has 2 aromatic carbocycles. The molecule has 0 heterocycles. The fraction of sp³-hybridized carbons (Fsp3) is 0.348. The fourth-order valence-corrected chi connectivity index (χ4v) is 4.04. The van der Waals surface area contributed by atoms with Crippen molar-refractivity contribution in [3.63, 3.8) is 0 Å². The Morgan fingerprint density at radius 3 is 2.23 bits per heavy atom. The van der Waals surface area contributed by atoms with E-state index in [1.807, 2.05) is 36.4 Å². The highest BCUT2D eigenvalue weighted by molar-refractivity contribution is 5.85. The van der Waals surface area contributed by atoms with Crippen LogP contribution in [0.2, 0.25) is 0 Å². The van der Waals surface area contributed by atoms with E-state index < -0.39 is 18.1 Å². The molecule has 0 aliphatic heterocycles. The highest BCUT2D eigenvalue weighted by atomic mass is 16.5. The van der Waals surface area contributed by atoms with Gasteiger partial charge in [-0.3, -0.25) is 9.59 Å². The molecule has 0 saturated heterocycles. The molecule has 3 N–H and O–H groups in total. The highest BCUT2D eigenvalue weighted by Crippen LogP contribution is 2.44. The lowest BCUT2D eigenvalue weighted by Gasteiger charge is -2.17. The van der Waals surface area contributed by atoms with E-state index in [4.69, 9.17) is 9.84 Å². The van der Waals surface area contributed by atoms with E-state index in [0.717, 1.165) is 22.3 Å². The molecule has 1 saturated carbocycles. The van der Waals surface area contributed by atoms with Gasteiger partial charge in [0.15, 0.2) is 0 Å². The summed E-state index contributed by atoms with van der Waals surface area (Å²) in [7, 11) is 0. The summed E-state index contributed by atoms with van der Waals surface area (Å²) in [5, 5.41) is 14.1. The minimum atomic E-state index is -0.834. The van der Waals surface area contributed by atoms with Gasteiger partial charge in [-0.15, -0.1) is 0 Å². The van der Waals surface area contributed by atoms with Gasteiger partial charge in [0.25, 0.3) is 0 Å². The number of hydrogen-bond acceptors (Lipinski definition) is 4. The molecule has 0 bridgehead atoms. The molecule has 3 unspecified atom stereocenters. The van der Waals surface area contributed by atoms with Gasteiger partial charge in [-0.25, -0.2) is 4.79 Å². The van der Waals surface area contributed by atoms with E-state index in [2.05, 4.69) is 22.8 Å². The summed E-state index contributed by atoms with van der Waals surface area (Å²) in [5.74, 6) is -1.66. The van der Waals surface area contributed by atoms with E-state index in [0.29, 0.717) is 13.0 Å². The number of ether oxygens (including phenoxy) is 1. The first-order valence-electron chi connectivity index (χ1n) is 10.1. The summed E-state index contributed by atoms with van der Waals surface area (Å²) in [5.41, 5.74) is 4.54. The van der Waals surface area contributed by atoms with Gasteiger partial charge in [0.1, 0.15) is 12.6 Å². The smallest absolute Gasteiger partial charge is 0.407 e. The molecule has 1 fully saturated rings. The average molecular weight is 408 g/mol. The van der Waals surface area contributed by atoms with E-state index in [9.17, 15) is 14.4 Å². The zero-order chi connectivity index (χ0) is 21.3. The number of carbonyl (C=O) groups is 3. The van der Waals surface area contributed by atoms with Crippen molar-refractivity contribution in [2.75, 3.05) is 13.2 Å². The van der Waals surface area contributed by atoms with Crippen LogP contribution in [-0.2, 0) is 14.3 Å². The van der Waals surface area contributed by atoms with Crippen LogP contribution in [0.4, 0.5) is 4.79 Å². The van der Waals surface area contributed by atoms with Crippen molar-refractivity contribution in [3.05, 3.63) is 59.7 Å².